The predicted molar refractivity (Wildman–Crippen MR) is 138 cm³/mol. The van der Waals surface area contributed by atoms with Crippen molar-refractivity contribution in [3.8, 4) is 17.2 Å². The third kappa shape index (κ3) is 5.61. The summed E-state index contributed by atoms with van der Waals surface area (Å²) in [6, 6.07) is 12.5. The lowest BCUT2D eigenvalue weighted by Crippen LogP contribution is -2.42. The van der Waals surface area contributed by atoms with E-state index < -0.39 is 5.97 Å². The summed E-state index contributed by atoms with van der Waals surface area (Å²) in [6.07, 6.45) is 6.61. The predicted octanol–water partition coefficient (Wildman–Crippen LogP) is 3.87. The van der Waals surface area contributed by atoms with Crippen LogP contribution < -0.4 is 19.5 Å². The van der Waals surface area contributed by atoms with Gasteiger partial charge in [-0.15, -0.1) is 0 Å². The minimum absolute atomic E-state index is 0.461. The summed E-state index contributed by atoms with van der Waals surface area (Å²) in [7, 11) is 1.64. The van der Waals surface area contributed by atoms with Gasteiger partial charge in [0.05, 0.1) is 12.8 Å². The Labute approximate surface area is 210 Å². The molecule has 2 aliphatic heterocycles. The average Bonchev–Trinajstić information content (AvgIpc) is 2.91. The minimum Gasteiger partial charge on any atom is -0.497 e. The summed E-state index contributed by atoms with van der Waals surface area (Å²) in [5.41, 5.74) is 2.95. The second-order valence-electron chi connectivity index (χ2n) is 9.15. The standard InChI is InChI=1S/C28H31N3O5/c1-34-22-4-5-23-20(3-7-28(32)33)17-30-25(24(23)15-22)18-31-10-8-21(9-11-31)29-16-19-2-6-26-27(14-19)36-13-12-35-26/h2-7,14-15,17,21,29H,8-13,16,18H2,1H3,(H,32,33)/b7-3+. The van der Waals surface area contributed by atoms with Crippen LogP contribution in [0.15, 0.2) is 48.7 Å². The summed E-state index contributed by atoms with van der Waals surface area (Å²) in [5.74, 6) is 1.43. The summed E-state index contributed by atoms with van der Waals surface area (Å²) in [5, 5.41) is 14.7. The van der Waals surface area contributed by atoms with Crippen LogP contribution in [-0.2, 0) is 17.9 Å². The number of rotatable bonds is 8. The van der Waals surface area contributed by atoms with Gasteiger partial charge in [0, 0.05) is 55.4 Å². The lowest BCUT2D eigenvalue weighted by Gasteiger charge is -2.32. The first-order valence-corrected chi connectivity index (χ1v) is 12.3. The number of methoxy groups -OCH3 is 1. The number of aliphatic carboxylic acids is 1. The van der Waals surface area contributed by atoms with E-state index >= 15 is 0 Å². The molecular weight excluding hydrogens is 458 g/mol. The summed E-state index contributed by atoms with van der Waals surface area (Å²) in [6.45, 7) is 4.70. The van der Waals surface area contributed by atoms with Gasteiger partial charge in [0.25, 0.3) is 0 Å². The van der Waals surface area contributed by atoms with Crippen molar-refractivity contribution < 1.29 is 24.1 Å². The maximum absolute atomic E-state index is 11.0. The molecule has 3 aromatic rings. The molecule has 0 radical (unpaired) electrons. The van der Waals surface area contributed by atoms with Crippen LogP contribution in [0.1, 0.15) is 29.7 Å². The number of hydrogen-bond donors (Lipinski definition) is 2. The molecule has 3 heterocycles. The van der Waals surface area contributed by atoms with Gasteiger partial charge in [0.15, 0.2) is 11.5 Å². The Bertz CT molecular complexity index is 1270. The highest BCUT2D eigenvalue weighted by atomic mass is 16.6. The van der Waals surface area contributed by atoms with Crippen LogP contribution in [0, 0.1) is 0 Å². The van der Waals surface area contributed by atoms with Crippen molar-refractivity contribution in [2.75, 3.05) is 33.4 Å². The number of nitrogens with zero attached hydrogens (tertiary/aromatic N) is 2. The topological polar surface area (TPSA) is 93.2 Å². The molecule has 0 aliphatic carbocycles. The van der Waals surface area contributed by atoms with Crippen LogP contribution in [0.3, 0.4) is 0 Å². The number of piperidine rings is 1. The number of benzene rings is 2. The van der Waals surface area contributed by atoms with Crippen LogP contribution >= 0.6 is 0 Å². The fourth-order valence-corrected chi connectivity index (χ4v) is 4.81. The van der Waals surface area contributed by atoms with E-state index in [1.165, 1.54) is 5.56 Å². The maximum atomic E-state index is 11.0. The highest BCUT2D eigenvalue weighted by Gasteiger charge is 2.21. The first-order valence-electron chi connectivity index (χ1n) is 12.3. The Morgan fingerprint density at radius 1 is 1.14 bits per heavy atom. The van der Waals surface area contributed by atoms with Crippen LogP contribution in [0.2, 0.25) is 0 Å². The van der Waals surface area contributed by atoms with Crippen LogP contribution in [0.25, 0.3) is 16.8 Å². The second kappa shape index (κ2) is 11.0. The molecule has 0 unspecified atom stereocenters. The normalized spacial score (nSPS) is 16.5. The molecule has 5 rings (SSSR count). The number of likely N-dealkylation sites (tertiary alicyclic amines) is 1. The third-order valence-corrected chi connectivity index (χ3v) is 6.78. The van der Waals surface area contributed by atoms with Crippen LogP contribution in [0.4, 0.5) is 0 Å². The Morgan fingerprint density at radius 3 is 2.72 bits per heavy atom. The summed E-state index contributed by atoms with van der Waals surface area (Å²) >= 11 is 0. The fourth-order valence-electron chi connectivity index (χ4n) is 4.81. The number of hydrogen-bond acceptors (Lipinski definition) is 7. The van der Waals surface area contributed by atoms with Crippen LogP contribution in [0.5, 0.6) is 17.2 Å². The first-order chi connectivity index (χ1) is 17.6. The smallest absolute Gasteiger partial charge is 0.328 e. The molecule has 8 nitrogen and oxygen atoms in total. The van der Waals surface area contributed by atoms with Crippen molar-refractivity contribution in [2.24, 2.45) is 0 Å². The van der Waals surface area contributed by atoms with Crippen molar-refractivity contribution in [1.82, 2.24) is 15.2 Å². The molecule has 0 bridgehead atoms. The molecule has 1 fully saturated rings. The lowest BCUT2D eigenvalue weighted by atomic mass is 10.0. The Hall–Kier alpha value is -3.62. The van der Waals surface area contributed by atoms with Gasteiger partial charge in [0.1, 0.15) is 19.0 Å². The molecule has 8 heteroatoms. The van der Waals surface area contributed by atoms with E-state index in [0.29, 0.717) is 19.3 Å². The number of aromatic nitrogens is 1. The molecular formula is C28H31N3O5. The molecule has 2 aromatic carbocycles. The van der Waals surface area contributed by atoms with E-state index in [2.05, 4.69) is 22.3 Å². The van der Waals surface area contributed by atoms with Crippen molar-refractivity contribution in [1.29, 1.82) is 0 Å². The monoisotopic (exact) mass is 489 g/mol. The van der Waals surface area contributed by atoms with Crippen molar-refractivity contribution in [3.05, 3.63) is 65.5 Å². The zero-order valence-corrected chi connectivity index (χ0v) is 20.4. The molecule has 0 saturated carbocycles. The van der Waals surface area contributed by atoms with E-state index in [0.717, 1.165) is 84.4 Å². The zero-order valence-electron chi connectivity index (χ0n) is 20.4. The van der Waals surface area contributed by atoms with Gasteiger partial charge in [-0.1, -0.05) is 6.07 Å². The van der Waals surface area contributed by atoms with Gasteiger partial charge < -0.3 is 24.6 Å². The number of pyridine rings is 1. The van der Waals surface area contributed by atoms with E-state index in [-0.39, 0.29) is 0 Å². The van der Waals surface area contributed by atoms with Gasteiger partial charge in [0.2, 0.25) is 0 Å². The molecule has 0 atom stereocenters. The number of carbonyl (C=O) groups is 1. The lowest BCUT2D eigenvalue weighted by molar-refractivity contribution is -0.131. The van der Waals surface area contributed by atoms with Crippen molar-refractivity contribution in [2.45, 2.75) is 32.0 Å². The fraction of sp³-hybridized carbons (Fsp3) is 0.357. The van der Waals surface area contributed by atoms with Gasteiger partial charge in [-0.2, -0.15) is 0 Å². The van der Waals surface area contributed by atoms with E-state index in [1.807, 2.05) is 24.3 Å². The molecule has 0 amide bonds. The molecule has 0 spiro atoms. The summed E-state index contributed by atoms with van der Waals surface area (Å²) in [4.78, 5) is 18.1. The van der Waals surface area contributed by atoms with E-state index in [9.17, 15) is 4.79 Å². The molecule has 1 saturated heterocycles. The Balaban J connectivity index is 1.21. The average molecular weight is 490 g/mol. The number of carboxylic acid groups (broad SMARTS) is 1. The molecule has 36 heavy (non-hydrogen) atoms. The van der Waals surface area contributed by atoms with Crippen LogP contribution in [-0.4, -0.2) is 60.4 Å². The molecule has 2 N–H and O–H groups in total. The van der Waals surface area contributed by atoms with E-state index in [1.54, 1.807) is 19.4 Å². The highest BCUT2D eigenvalue weighted by Crippen LogP contribution is 2.31. The quantitative estimate of drug-likeness (QED) is 0.461. The largest absolute Gasteiger partial charge is 0.497 e. The summed E-state index contributed by atoms with van der Waals surface area (Å²) < 4.78 is 16.7. The number of ether oxygens (including phenoxy) is 3. The second-order valence-corrected chi connectivity index (χ2v) is 9.15. The minimum atomic E-state index is -0.980. The number of fused-ring (bicyclic) bond motifs is 2. The van der Waals surface area contributed by atoms with Gasteiger partial charge in [-0.05, 0) is 60.2 Å². The van der Waals surface area contributed by atoms with Crippen molar-refractivity contribution in [3.63, 3.8) is 0 Å². The van der Waals surface area contributed by atoms with Gasteiger partial charge in [-0.3, -0.25) is 9.88 Å². The SMILES string of the molecule is COc1ccc2c(/C=C/C(=O)O)cnc(CN3CCC(NCc4ccc5c(c4)OCCO5)CC3)c2c1. The molecule has 188 valence electrons. The number of nitrogens with one attached hydrogen (secondary N) is 1. The maximum Gasteiger partial charge on any atom is 0.328 e. The highest BCUT2D eigenvalue weighted by molar-refractivity contribution is 5.95. The molecule has 1 aromatic heterocycles. The Kier molecular flexibility index (Phi) is 7.34. The third-order valence-electron chi connectivity index (χ3n) is 6.78. The van der Waals surface area contributed by atoms with Gasteiger partial charge >= 0.3 is 5.97 Å². The van der Waals surface area contributed by atoms with Gasteiger partial charge in [-0.25, -0.2) is 4.79 Å². The van der Waals surface area contributed by atoms with E-state index in [4.69, 9.17) is 24.3 Å². The number of carboxylic acids is 1. The first kappa shape index (κ1) is 24.1. The van der Waals surface area contributed by atoms with Crippen molar-refractivity contribution >= 4 is 22.8 Å². The zero-order chi connectivity index (χ0) is 24.9. The Morgan fingerprint density at radius 2 is 1.94 bits per heavy atom. The molecule has 2 aliphatic rings.